The van der Waals surface area contributed by atoms with Gasteiger partial charge >= 0.3 is 6.18 Å². The summed E-state index contributed by atoms with van der Waals surface area (Å²) in [6, 6.07) is 14.1. The number of anilines is 1. The number of carbonyl (C=O) groups is 2. The van der Waals surface area contributed by atoms with E-state index < -0.39 is 17.6 Å². The molecule has 3 aromatic carbocycles. The van der Waals surface area contributed by atoms with Crippen LogP contribution in [-0.2, 0) is 17.4 Å². The number of amides is 2. The van der Waals surface area contributed by atoms with Crippen LogP contribution in [0, 0.1) is 13.8 Å². The van der Waals surface area contributed by atoms with Crippen molar-refractivity contribution in [1.29, 1.82) is 0 Å². The number of aromatic nitrogens is 4. The van der Waals surface area contributed by atoms with Gasteiger partial charge in [-0.1, -0.05) is 18.2 Å². The Morgan fingerprint density at radius 3 is 2.52 bits per heavy atom. The summed E-state index contributed by atoms with van der Waals surface area (Å²) in [5, 5.41) is 13.4. The average molecular weight is 547 g/mol. The van der Waals surface area contributed by atoms with Crippen LogP contribution >= 0.6 is 0 Å². The highest BCUT2D eigenvalue weighted by Gasteiger charge is 2.32. The Kier molecular flexibility index (Phi) is 6.88. The molecule has 2 aromatic heterocycles. The van der Waals surface area contributed by atoms with Crippen molar-refractivity contribution >= 4 is 28.4 Å². The maximum atomic E-state index is 13.7. The van der Waals surface area contributed by atoms with E-state index in [-0.39, 0.29) is 23.6 Å². The third kappa shape index (κ3) is 5.44. The molecule has 40 heavy (non-hydrogen) atoms. The Morgan fingerprint density at radius 2 is 1.82 bits per heavy atom. The van der Waals surface area contributed by atoms with E-state index in [9.17, 15) is 22.8 Å². The first-order valence-corrected chi connectivity index (χ1v) is 12.3. The molecule has 0 aliphatic rings. The molecular weight excluding hydrogens is 521 g/mol. The van der Waals surface area contributed by atoms with Crippen molar-refractivity contribution in [3.8, 4) is 16.8 Å². The smallest absolute Gasteiger partial charge is 0.359 e. The molecule has 0 saturated heterocycles. The molecule has 11 heteroatoms. The van der Waals surface area contributed by atoms with E-state index in [1.54, 1.807) is 32.3 Å². The van der Waals surface area contributed by atoms with Crippen molar-refractivity contribution in [3.63, 3.8) is 0 Å². The molecule has 0 unspecified atom stereocenters. The maximum Gasteiger partial charge on any atom is 0.416 e. The van der Waals surface area contributed by atoms with Crippen LogP contribution < -0.4 is 10.6 Å². The Bertz CT molecular complexity index is 1750. The molecule has 5 aromatic rings. The summed E-state index contributed by atoms with van der Waals surface area (Å²) in [7, 11) is 1.57. The van der Waals surface area contributed by atoms with Crippen LogP contribution in [0.5, 0.6) is 0 Å². The van der Waals surface area contributed by atoms with Crippen LogP contribution in [0.25, 0.3) is 27.7 Å². The van der Waals surface area contributed by atoms with Gasteiger partial charge in [-0.2, -0.15) is 18.3 Å². The van der Waals surface area contributed by atoms with E-state index in [1.165, 1.54) is 17.0 Å². The zero-order valence-electron chi connectivity index (χ0n) is 21.8. The van der Waals surface area contributed by atoms with Gasteiger partial charge in [0.15, 0.2) is 0 Å². The average Bonchev–Trinajstić information content (AvgIpc) is 3.54. The lowest BCUT2D eigenvalue weighted by atomic mass is 9.98. The summed E-state index contributed by atoms with van der Waals surface area (Å²) in [6.07, 6.45) is -1.48. The SMILES string of the molecule is CNC(=O)Cc1[nH]nc2cc(-c3cc(NC(=O)c4cc(-n5cnc(C)c5)cc(C(F)(F)F)c4)ccc3C)ccc12. The molecule has 3 N–H and O–H groups in total. The van der Waals surface area contributed by atoms with Crippen molar-refractivity contribution in [2.45, 2.75) is 26.4 Å². The van der Waals surface area contributed by atoms with Crippen LogP contribution in [0.2, 0.25) is 0 Å². The molecule has 0 aliphatic carbocycles. The van der Waals surface area contributed by atoms with Crippen molar-refractivity contribution in [2.75, 3.05) is 12.4 Å². The summed E-state index contributed by atoms with van der Waals surface area (Å²) in [6.45, 7) is 3.64. The predicted molar refractivity (Wildman–Crippen MR) is 145 cm³/mol. The van der Waals surface area contributed by atoms with Gasteiger partial charge in [-0.15, -0.1) is 0 Å². The highest BCUT2D eigenvalue weighted by atomic mass is 19.4. The number of alkyl halides is 3. The molecule has 0 saturated carbocycles. The first-order chi connectivity index (χ1) is 19.0. The number of hydrogen-bond acceptors (Lipinski definition) is 4. The lowest BCUT2D eigenvalue weighted by molar-refractivity contribution is -0.137. The maximum absolute atomic E-state index is 13.7. The Labute approximate surface area is 227 Å². The van der Waals surface area contributed by atoms with E-state index in [1.807, 2.05) is 31.2 Å². The molecule has 8 nitrogen and oxygen atoms in total. The highest BCUT2D eigenvalue weighted by Crippen LogP contribution is 2.33. The van der Waals surface area contributed by atoms with E-state index in [0.29, 0.717) is 22.6 Å². The van der Waals surface area contributed by atoms with Crippen molar-refractivity contribution in [2.24, 2.45) is 0 Å². The van der Waals surface area contributed by atoms with Gasteiger partial charge in [0.1, 0.15) is 0 Å². The number of likely N-dealkylation sites (N-methyl/N-ethyl adjacent to an activating group) is 1. The fourth-order valence-electron chi connectivity index (χ4n) is 4.45. The van der Waals surface area contributed by atoms with Crippen LogP contribution in [-0.4, -0.2) is 38.6 Å². The summed E-state index contributed by atoms with van der Waals surface area (Å²) in [4.78, 5) is 29.0. The number of aryl methyl sites for hydroxylation is 2. The lowest BCUT2D eigenvalue weighted by Crippen LogP contribution is -2.20. The number of hydrogen-bond donors (Lipinski definition) is 3. The number of halogens is 3. The monoisotopic (exact) mass is 546 g/mol. The number of aromatic amines is 1. The first-order valence-electron chi connectivity index (χ1n) is 12.3. The predicted octanol–water partition coefficient (Wildman–Crippen LogP) is 5.59. The fourth-order valence-corrected chi connectivity index (χ4v) is 4.45. The number of nitrogens with zero attached hydrogens (tertiary/aromatic N) is 3. The van der Waals surface area contributed by atoms with E-state index in [2.05, 4.69) is 25.8 Å². The van der Waals surface area contributed by atoms with Crippen LogP contribution in [0.4, 0.5) is 18.9 Å². The van der Waals surface area contributed by atoms with E-state index >= 15 is 0 Å². The number of fused-ring (bicyclic) bond motifs is 1. The summed E-state index contributed by atoms with van der Waals surface area (Å²) in [5.41, 5.74) is 4.10. The van der Waals surface area contributed by atoms with Gasteiger partial charge in [0.2, 0.25) is 5.91 Å². The molecule has 0 fully saturated rings. The minimum absolute atomic E-state index is 0.137. The molecular formula is C29H25F3N6O2. The van der Waals surface area contributed by atoms with Gasteiger partial charge in [0, 0.05) is 35.6 Å². The second-order valence-corrected chi connectivity index (χ2v) is 9.46. The molecule has 0 atom stereocenters. The van der Waals surface area contributed by atoms with Crippen molar-refractivity contribution < 1.29 is 22.8 Å². The third-order valence-electron chi connectivity index (χ3n) is 6.57. The molecule has 2 amide bonds. The highest BCUT2D eigenvalue weighted by molar-refractivity contribution is 6.05. The molecule has 204 valence electrons. The zero-order valence-corrected chi connectivity index (χ0v) is 21.8. The number of carbonyl (C=O) groups excluding carboxylic acids is 2. The minimum atomic E-state index is -4.64. The number of nitrogens with one attached hydrogen (secondary N) is 3. The molecule has 0 bridgehead atoms. The van der Waals surface area contributed by atoms with Crippen LogP contribution in [0.3, 0.4) is 0 Å². The molecule has 5 rings (SSSR count). The molecule has 0 radical (unpaired) electrons. The van der Waals surface area contributed by atoms with E-state index in [4.69, 9.17) is 0 Å². The summed E-state index contributed by atoms with van der Waals surface area (Å²) in [5.74, 6) is -0.817. The standard InChI is InChI=1S/C29H25F3N6O2/c1-16-4-6-21(12-24(16)18-5-7-23-25(10-18)36-37-26(23)13-27(39)33-3)35-28(40)19-8-20(29(30,31)32)11-22(9-19)38-14-17(2)34-15-38/h4-12,14-15H,13H2,1-3H3,(H,33,39)(H,35,40)(H,36,37). The Balaban J connectivity index is 1.45. The van der Waals surface area contributed by atoms with Crippen molar-refractivity contribution in [1.82, 2.24) is 25.1 Å². The van der Waals surface area contributed by atoms with Gasteiger partial charge < -0.3 is 15.2 Å². The third-order valence-corrected chi connectivity index (χ3v) is 6.57. The number of imidazole rings is 1. The van der Waals surface area contributed by atoms with Crippen LogP contribution in [0.1, 0.15) is 32.9 Å². The summed E-state index contributed by atoms with van der Waals surface area (Å²) < 4.78 is 42.4. The lowest BCUT2D eigenvalue weighted by Gasteiger charge is -2.14. The van der Waals surface area contributed by atoms with Gasteiger partial charge in [-0.25, -0.2) is 4.98 Å². The van der Waals surface area contributed by atoms with Gasteiger partial charge in [-0.3, -0.25) is 14.7 Å². The number of H-pyrrole nitrogens is 1. The zero-order chi connectivity index (χ0) is 28.6. The minimum Gasteiger partial charge on any atom is -0.359 e. The fraction of sp³-hybridized carbons (Fsp3) is 0.172. The second kappa shape index (κ2) is 10.3. The van der Waals surface area contributed by atoms with E-state index in [0.717, 1.165) is 34.2 Å². The van der Waals surface area contributed by atoms with Gasteiger partial charge in [0.05, 0.1) is 35.2 Å². The normalized spacial score (nSPS) is 11.6. The first kappa shape index (κ1) is 26.7. The Hall–Kier alpha value is -4.93. The number of rotatable bonds is 6. The molecule has 0 aliphatic heterocycles. The molecule has 2 heterocycles. The topological polar surface area (TPSA) is 105 Å². The Morgan fingerprint density at radius 1 is 1.02 bits per heavy atom. The second-order valence-electron chi connectivity index (χ2n) is 9.46. The van der Waals surface area contributed by atoms with Crippen molar-refractivity contribution in [3.05, 3.63) is 95.2 Å². The number of benzene rings is 3. The van der Waals surface area contributed by atoms with Gasteiger partial charge in [-0.05, 0) is 66.9 Å². The van der Waals surface area contributed by atoms with Crippen LogP contribution in [0.15, 0.2) is 67.1 Å². The largest absolute Gasteiger partial charge is 0.416 e. The van der Waals surface area contributed by atoms with Gasteiger partial charge in [0.25, 0.3) is 5.91 Å². The quantitative estimate of drug-likeness (QED) is 0.258. The summed E-state index contributed by atoms with van der Waals surface area (Å²) >= 11 is 0. The molecule has 0 spiro atoms.